The van der Waals surface area contributed by atoms with E-state index in [0.29, 0.717) is 25.0 Å². The minimum absolute atomic E-state index is 0.0950. The van der Waals surface area contributed by atoms with E-state index in [0.717, 1.165) is 36.7 Å². The van der Waals surface area contributed by atoms with Crippen LogP contribution in [-0.4, -0.2) is 43.0 Å². The first-order valence-corrected chi connectivity index (χ1v) is 9.03. The summed E-state index contributed by atoms with van der Waals surface area (Å²) in [5.74, 6) is 2.14. The molecule has 2 aliphatic rings. The van der Waals surface area contributed by atoms with E-state index in [9.17, 15) is 4.79 Å². The van der Waals surface area contributed by atoms with Crippen LogP contribution in [0.2, 0.25) is 0 Å². The predicted octanol–water partition coefficient (Wildman–Crippen LogP) is 0.857. The lowest BCUT2D eigenvalue weighted by Gasteiger charge is -2.33. The molecule has 1 aliphatic carbocycles. The van der Waals surface area contributed by atoms with E-state index < -0.39 is 0 Å². The molecule has 136 valence electrons. The van der Waals surface area contributed by atoms with E-state index in [4.69, 9.17) is 5.73 Å². The summed E-state index contributed by atoms with van der Waals surface area (Å²) in [4.78, 5) is 22.6. The molecule has 0 radical (unpaired) electrons. The molecule has 1 aliphatic heterocycles. The summed E-state index contributed by atoms with van der Waals surface area (Å²) in [7, 11) is 1.79. The summed E-state index contributed by atoms with van der Waals surface area (Å²) in [5, 5.41) is 6.80. The second-order valence-corrected chi connectivity index (χ2v) is 7.06. The number of piperidine rings is 1. The number of pyridine rings is 1. The third kappa shape index (κ3) is 4.41. The number of hydrogen-bond donors (Lipinski definition) is 3. The van der Waals surface area contributed by atoms with Crippen molar-refractivity contribution in [2.45, 2.75) is 38.8 Å². The number of nitrogens with one attached hydrogen (secondary N) is 2. The molecule has 0 aromatic carbocycles. The molecule has 1 aromatic heterocycles. The maximum atomic E-state index is 11.5. The quantitative estimate of drug-likeness (QED) is 0.544. The van der Waals surface area contributed by atoms with Crippen LogP contribution in [0.5, 0.6) is 0 Å². The molecule has 4 N–H and O–H groups in total. The molecule has 2 fully saturated rings. The normalized spacial score (nSPS) is 26.2. The number of nitrogens with zero attached hydrogens (tertiary/aromatic N) is 3. The van der Waals surface area contributed by atoms with Gasteiger partial charge in [0.1, 0.15) is 5.82 Å². The zero-order valence-electron chi connectivity index (χ0n) is 15.0. The van der Waals surface area contributed by atoms with Crippen LogP contribution in [0.4, 0.5) is 5.82 Å². The van der Waals surface area contributed by atoms with Gasteiger partial charge in [0.15, 0.2) is 5.96 Å². The molecule has 0 bridgehead atoms. The average Bonchev–Trinajstić information content (AvgIpc) is 3.33. The van der Waals surface area contributed by atoms with Crippen molar-refractivity contribution in [3.8, 4) is 0 Å². The van der Waals surface area contributed by atoms with Gasteiger partial charge in [0.2, 0.25) is 5.91 Å². The van der Waals surface area contributed by atoms with Gasteiger partial charge in [0.05, 0.1) is 5.92 Å². The molecule has 1 amide bonds. The highest BCUT2D eigenvalue weighted by Gasteiger charge is 2.33. The van der Waals surface area contributed by atoms with Crippen molar-refractivity contribution in [1.82, 2.24) is 15.6 Å². The Kier molecular flexibility index (Phi) is 5.40. The number of rotatable bonds is 5. The van der Waals surface area contributed by atoms with E-state index in [-0.39, 0.29) is 11.8 Å². The topological polar surface area (TPSA) is 95.6 Å². The van der Waals surface area contributed by atoms with Crippen LogP contribution >= 0.6 is 0 Å². The number of carbonyl (C=O) groups excluding carboxylic acids is 1. The lowest BCUT2D eigenvalue weighted by Crippen LogP contribution is -2.42. The highest BCUT2D eigenvalue weighted by molar-refractivity contribution is 5.80. The SMILES string of the molecule is CN=C(NCc1cccnc1N1CCCC(C(N)=O)C1)NC1CC1C. The molecule has 1 aromatic rings. The minimum atomic E-state index is -0.219. The molecule has 7 heteroatoms. The van der Waals surface area contributed by atoms with Crippen LogP contribution in [0.15, 0.2) is 23.3 Å². The Hall–Kier alpha value is -2.31. The number of primary amides is 1. The maximum absolute atomic E-state index is 11.5. The molecule has 25 heavy (non-hydrogen) atoms. The van der Waals surface area contributed by atoms with Crippen LogP contribution in [0.3, 0.4) is 0 Å². The zero-order valence-corrected chi connectivity index (χ0v) is 15.0. The van der Waals surface area contributed by atoms with Crippen LogP contribution in [0.25, 0.3) is 0 Å². The van der Waals surface area contributed by atoms with Crippen LogP contribution in [0.1, 0.15) is 31.7 Å². The fourth-order valence-electron chi connectivity index (χ4n) is 3.33. The lowest BCUT2D eigenvalue weighted by atomic mass is 9.97. The summed E-state index contributed by atoms with van der Waals surface area (Å²) < 4.78 is 0. The van der Waals surface area contributed by atoms with Crippen molar-refractivity contribution >= 4 is 17.7 Å². The largest absolute Gasteiger partial charge is 0.369 e. The zero-order chi connectivity index (χ0) is 17.8. The number of anilines is 1. The minimum Gasteiger partial charge on any atom is -0.369 e. The van der Waals surface area contributed by atoms with Gasteiger partial charge in [-0.1, -0.05) is 13.0 Å². The number of carbonyl (C=O) groups is 1. The summed E-state index contributed by atoms with van der Waals surface area (Å²) in [5.41, 5.74) is 6.60. The summed E-state index contributed by atoms with van der Waals surface area (Å²) >= 11 is 0. The van der Waals surface area contributed by atoms with E-state index in [1.807, 2.05) is 6.07 Å². The Labute approximate surface area is 149 Å². The van der Waals surface area contributed by atoms with Crippen molar-refractivity contribution in [3.63, 3.8) is 0 Å². The molecule has 3 unspecified atom stereocenters. The van der Waals surface area contributed by atoms with Gasteiger partial charge in [-0.3, -0.25) is 9.79 Å². The van der Waals surface area contributed by atoms with E-state index in [2.05, 4.69) is 38.5 Å². The molecule has 3 rings (SSSR count). The molecule has 1 saturated carbocycles. The molecule has 1 saturated heterocycles. The maximum Gasteiger partial charge on any atom is 0.222 e. The van der Waals surface area contributed by atoms with Gasteiger partial charge in [-0.05, 0) is 31.2 Å². The Balaban J connectivity index is 1.65. The van der Waals surface area contributed by atoms with Crippen molar-refractivity contribution in [2.24, 2.45) is 22.6 Å². The van der Waals surface area contributed by atoms with Crippen LogP contribution < -0.4 is 21.3 Å². The number of nitrogens with two attached hydrogens (primary N) is 1. The third-order valence-corrected chi connectivity index (χ3v) is 5.09. The summed E-state index contributed by atoms with van der Waals surface area (Å²) in [6.45, 7) is 4.42. The van der Waals surface area contributed by atoms with Crippen LogP contribution in [0, 0.1) is 11.8 Å². The number of amides is 1. The highest BCUT2D eigenvalue weighted by Crippen LogP contribution is 2.29. The van der Waals surface area contributed by atoms with Gasteiger partial charge in [0, 0.05) is 44.5 Å². The molecule has 3 atom stereocenters. The number of guanidine groups is 1. The number of hydrogen-bond acceptors (Lipinski definition) is 4. The standard InChI is InChI=1S/C18H28N6O/c1-12-9-15(12)23-18(20-2)22-10-13-5-3-7-21-17(13)24-8-4-6-14(11-24)16(19)25/h3,5,7,12,14-15H,4,6,8-11H2,1-2H3,(H2,19,25)(H2,20,22,23). The Bertz CT molecular complexity index is 646. The lowest BCUT2D eigenvalue weighted by molar-refractivity contribution is -0.122. The van der Waals surface area contributed by atoms with Gasteiger partial charge in [0.25, 0.3) is 0 Å². The smallest absolute Gasteiger partial charge is 0.222 e. The molecular formula is C18H28N6O. The average molecular weight is 344 g/mol. The van der Waals surface area contributed by atoms with Crippen molar-refractivity contribution < 1.29 is 4.79 Å². The van der Waals surface area contributed by atoms with Gasteiger partial charge >= 0.3 is 0 Å². The first-order valence-electron chi connectivity index (χ1n) is 9.03. The van der Waals surface area contributed by atoms with Crippen molar-refractivity contribution in [3.05, 3.63) is 23.9 Å². The fraction of sp³-hybridized carbons (Fsp3) is 0.611. The first kappa shape index (κ1) is 17.5. The molecule has 0 spiro atoms. The monoisotopic (exact) mass is 344 g/mol. The molecular weight excluding hydrogens is 316 g/mol. The van der Waals surface area contributed by atoms with Gasteiger partial charge < -0.3 is 21.3 Å². The van der Waals surface area contributed by atoms with Crippen molar-refractivity contribution in [1.29, 1.82) is 0 Å². The first-order chi connectivity index (χ1) is 12.1. The Morgan fingerprint density at radius 3 is 3.00 bits per heavy atom. The summed E-state index contributed by atoms with van der Waals surface area (Å²) in [6.07, 6.45) is 4.81. The second-order valence-electron chi connectivity index (χ2n) is 7.06. The highest BCUT2D eigenvalue weighted by atomic mass is 16.1. The Morgan fingerprint density at radius 1 is 1.52 bits per heavy atom. The Morgan fingerprint density at radius 2 is 2.32 bits per heavy atom. The van der Waals surface area contributed by atoms with E-state index in [1.165, 1.54) is 6.42 Å². The van der Waals surface area contributed by atoms with Crippen LogP contribution in [-0.2, 0) is 11.3 Å². The molecule has 7 nitrogen and oxygen atoms in total. The van der Waals surface area contributed by atoms with E-state index >= 15 is 0 Å². The predicted molar refractivity (Wildman–Crippen MR) is 99.3 cm³/mol. The van der Waals surface area contributed by atoms with Gasteiger partial charge in [-0.2, -0.15) is 0 Å². The third-order valence-electron chi connectivity index (χ3n) is 5.09. The fourth-order valence-corrected chi connectivity index (χ4v) is 3.33. The number of aromatic nitrogens is 1. The second kappa shape index (κ2) is 7.72. The van der Waals surface area contributed by atoms with Crippen molar-refractivity contribution in [2.75, 3.05) is 25.0 Å². The summed E-state index contributed by atoms with van der Waals surface area (Å²) in [6, 6.07) is 4.53. The van der Waals surface area contributed by atoms with Gasteiger partial charge in [-0.25, -0.2) is 4.98 Å². The van der Waals surface area contributed by atoms with E-state index in [1.54, 1.807) is 13.2 Å². The number of aliphatic imine (C=N–C) groups is 1. The van der Waals surface area contributed by atoms with Gasteiger partial charge in [-0.15, -0.1) is 0 Å². The molecule has 2 heterocycles.